The number of carbonyl (C=O) groups is 1. The van der Waals surface area contributed by atoms with Crippen molar-refractivity contribution in [3.63, 3.8) is 0 Å². The number of piperidine rings is 1. The van der Waals surface area contributed by atoms with Gasteiger partial charge in [-0.3, -0.25) is 4.79 Å². The molecule has 2 aliphatic heterocycles. The number of aromatic nitrogens is 1. The second-order valence-electron chi connectivity index (χ2n) is 10.5. The van der Waals surface area contributed by atoms with Gasteiger partial charge in [0.15, 0.2) is 0 Å². The van der Waals surface area contributed by atoms with E-state index in [0.717, 1.165) is 22.2 Å². The number of benzene rings is 2. The lowest BCUT2D eigenvalue weighted by Gasteiger charge is -2.34. The molecular weight excluding hydrogens is 496 g/mol. The summed E-state index contributed by atoms with van der Waals surface area (Å²) in [6.07, 6.45) is 1.46. The van der Waals surface area contributed by atoms with Crippen molar-refractivity contribution in [1.82, 2.24) is 14.6 Å². The topological polar surface area (TPSA) is 112 Å². The maximum atomic E-state index is 13.7. The molecule has 0 saturated carbocycles. The first-order valence-electron chi connectivity index (χ1n) is 12.3. The summed E-state index contributed by atoms with van der Waals surface area (Å²) in [5.74, 6) is -0.288. The van der Waals surface area contributed by atoms with Gasteiger partial charge in [-0.25, -0.2) is 13.4 Å². The zero-order chi connectivity index (χ0) is 25.5. The van der Waals surface area contributed by atoms with Crippen molar-refractivity contribution >= 4 is 43.2 Å². The number of thiazole rings is 1. The Hall–Kier alpha value is -2.53. The molecule has 36 heavy (non-hydrogen) atoms. The molecule has 8 nitrogen and oxygen atoms in total. The number of nitrogens with zero attached hydrogens (tertiary/aromatic N) is 2. The van der Waals surface area contributed by atoms with E-state index >= 15 is 0 Å². The molecule has 10 heteroatoms. The van der Waals surface area contributed by atoms with Gasteiger partial charge in [-0.05, 0) is 48.4 Å². The summed E-state index contributed by atoms with van der Waals surface area (Å²) < 4.78 is 31.1. The van der Waals surface area contributed by atoms with Crippen LogP contribution in [0.1, 0.15) is 37.3 Å². The molecule has 2 aliphatic rings. The highest BCUT2D eigenvalue weighted by Gasteiger charge is 2.35. The third kappa shape index (κ3) is 5.27. The van der Waals surface area contributed by atoms with Crippen LogP contribution in [-0.4, -0.2) is 61.1 Å². The quantitative estimate of drug-likeness (QED) is 0.453. The van der Waals surface area contributed by atoms with Crippen molar-refractivity contribution in [2.24, 2.45) is 5.41 Å². The van der Waals surface area contributed by atoms with E-state index in [0.29, 0.717) is 43.2 Å². The zero-order valence-corrected chi connectivity index (χ0v) is 22.2. The van der Waals surface area contributed by atoms with Gasteiger partial charge in [-0.15, -0.1) is 11.3 Å². The summed E-state index contributed by atoms with van der Waals surface area (Å²) >= 11 is 1.47. The smallest absolute Gasteiger partial charge is 0.243 e. The predicted octanol–water partition coefficient (Wildman–Crippen LogP) is 3.16. The van der Waals surface area contributed by atoms with Crippen LogP contribution < -0.4 is 10.0 Å². The Morgan fingerprint density at radius 1 is 1.22 bits per heavy atom. The van der Waals surface area contributed by atoms with Crippen molar-refractivity contribution in [3.05, 3.63) is 53.0 Å². The van der Waals surface area contributed by atoms with Crippen molar-refractivity contribution in [1.29, 1.82) is 0 Å². The number of fused-ring (bicyclic) bond motifs is 2. The van der Waals surface area contributed by atoms with Crippen molar-refractivity contribution in [3.8, 4) is 0 Å². The summed E-state index contributed by atoms with van der Waals surface area (Å²) in [7, 11) is -4.02. The number of likely N-dealkylation sites (tertiary alicyclic amines) is 1. The highest BCUT2D eigenvalue weighted by molar-refractivity contribution is 7.89. The molecule has 1 amide bonds. The number of aliphatic hydroxyl groups is 1. The van der Waals surface area contributed by atoms with Gasteiger partial charge in [0.25, 0.3) is 0 Å². The van der Waals surface area contributed by atoms with Crippen LogP contribution in [-0.2, 0) is 27.7 Å². The Bertz CT molecular complexity index is 1340. The van der Waals surface area contributed by atoms with Crippen LogP contribution in [0.4, 0.5) is 5.69 Å². The molecule has 1 atom stereocenters. The highest BCUT2D eigenvalue weighted by atomic mass is 32.2. The molecule has 1 aromatic heterocycles. The molecule has 1 saturated heterocycles. The number of sulfonamides is 1. The third-order valence-corrected chi connectivity index (χ3v) is 9.48. The van der Waals surface area contributed by atoms with Gasteiger partial charge in [0.1, 0.15) is 10.9 Å². The summed E-state index contributed by atoms with van der Waals surface area (Å²) in [5.41, 5.74) is 2.41. The number of nitrogens with one attached hydrogen (secondary N) is 2. The minimum absolute atomic E-state index is 0.0208. The Morgan fingerprint density at radius 3 is 2.72 bits per heavy atom. The number of aliphatic hydroxyl groups excluding tert-OH is 1. The molecule has 1 fully saturated rings. The molecule has 5 rings (SSSR count). The Kier molecular flexibility index (Phi) is 6.80. The lowest BCUT2D eigenvalue weighted by Crippen LogP contribution is -2.52. The SMILES string of the molecule is CC1(C)CNc2c(cccc2S(=O)(=O)N[C@@H](Cc2nc3ccccc3s2)C(=O)N2CCC(O)CC2)C1. The van der Waals surface area contributed by atoms with Crippen LogP contribution in [0.2, 0.25) is 0 Å². The molecule has 2 aromatic carbocycles. The lowest BCUT2D eigenvalue weighted by atomic mass is 9.82. The molecule has 0 spiro atoms. The molecular formula is C26H32N4O4S2. The molecule has 0 radical (unpaired) electrons. The van der Waals surface area contributed by atoms with Crippen LogP contribution >= 0.6 is 11.3 Å². The highest BCUT2D eigenvalue weighted by Crippen LogP contribution is 2.36. The molecule has 192 valence electrons. The average Bonchev–Trinajstić information content (AvgIpc) is 3.25. The Morgan fingerprint density at radius 2 is 1.97 bits per heavy atom. The van der Waals surface area contributed by atoms with E-state index in [9.17, 15) is 18.3 Å². The molecule has 0 bridgehead atoms. The summed E-state index contributed by atoms with van der Waals surface area (Å²) in [5, 5.41) is 13.9. The molecule has 0 unspecified atom stereocenters. The van der Waals surface area contributed by atoms with Gasteiger partial charge in [-0.2, -0.15) is 4.72 Å². The largest absolute Gasteiger partial charge is 0.393 e. The molecule has 3 N–H and O–H groups in total. The van der Waals surface area contributed by atoms with Gasteiger partial charge >= 0.3 is 0 Å². The number of anilines is 1. The normalized spacial score (nSPS) is 19.0. The maximum absolute atomic E-state index is 13.7. The molecule has 0 aliphatic carbocycles. The van der Waals surface area contributed by atoms with E-state index < -0.39 is 22.2 Å². The molecule has 3 aromatic rings. The standard InChI is InChI=1S/C26H32N4O4S2/c1-26(2)15-17-6-5-9-22(24(17)27-16-26)36(33,34)29-20(25(32)30-12-10-18(31)11-13-30)14-23-28-19-7-3-4-8-21(19)35-23/h3-9,18,20,27,29,31H,10-16H2,1-2H3/t20-/m0/s1. The van der Waals surface area contributed by atoms with E-state index in [1.54, 1.807) is 17.0 Å². The number of rotatable bonds is 6. The maximum Gasteiger partial charge on any atom is 0.243 e. The van der Waals surface area contributed by atoms with E-state index in [1.807, 2.05) is 30.3 Å². The fourth-order valence-electron chi connectivity index (χ4n) is 4.97. The van der Waals surface area contributed by atoms with E-state index in [-0.39, 0.29) is 22.6 Å². The lowest BCUT2D eigenvalue weighted by molar-refractivity contribution is -0.135. The first-order valence-corrected chi connectivity index (χ1v) is 14.6. The number of carbonyl (C=O) groups excluding carboxylic acids is 1. The minimum Gasteiger partial charge on any atom is -0.393 e. The predicted molar refractivity (Wildman–Crippen MR) is 142 cm³/mol. The van der Waals surface area contributed by atoms with Crippen LogP contribution in [0.15, 0.2) is 47.4 Å². The number of para-hydroxylation sites is 2. The first-order chi connectivity index (χ1) is 17.1. The van der Waals surface area contributed by atoms with Crippen LogP contribution in [0.3, 0.4) is 0 Å². The fourth-order valence-corrected chi connectivity index (χ4v) is 7.40. The van der Waals surface area contributed by atoms with Crippen LogP contribution in [0.5, 0.6) is 0 Å². The van der Waals surface area contributed by atoms with Crippen molar-refractivity contribution in [2.45, 2.75) is 56.6 Å². The van der Waals surface area contributed by atoms with Gasteiger partial charge in [0.2, 0.25) is 15.9 Å². The van der Waals surface area contributed by atoms with Gasteiger partial charge < -0.3 is 15.3 Å². The zero-order valence-electron chi connectivity index (χ0n) is 20.5. The van der Waals surface area contributed by atoms with Crippen molar-refractivity contribution in [2.75, 3.05) is 25.0 Å². The summed E-state index contributed by atoms with van der Waals surface area (Å²) in [6, 6.07) is 12.0. The fraction of sp³-hybridized carbons (Fsp3) is 0.462. The second-order valence-corrected chi connectivity index (χ2v) is 13.3. The second kappa shape index (κ2) is 9.74. The van der Waals surface area contributed by atoms with Crippen molar-refractivity contribution < 1.29 is 18.3 Å². The van der Waals surface area contributed by atoms with E-state index in [4.69, 9.17) is 0 Å². The summed E-state index contributed by atoms with van der Waals surface area (Å²) in [6.45, 7) is 5.75. The first kappa shape index (κ1) is 25.1. The third-order valence-electron chi connectivity index (χ3n) is 6.90. The van der Waals surface area contributed by atoms with Gasteiger partial charge in [-0.1, -0.05) is 38.1 Å². The Labute approximate surface area is 215 Å². The molecule has 3 heterocycles. The number of hydrogen-bond acceptors (Lipinski definition) is 7. The van der Waals surface area contributed by atoms with E-state index in [2.05, 4.69) is 28.9 Å². The van der Waals surface area contributed by atoms with Gasteiger partial charge in [0.05, 0.1) is 27.0 Å². The number of hydrogen-bond donors (Lipinski definition) is 3. The minimum atomic E-state index is -4.02. The Balaban J connectivity index is 1.45. The van der Waals surface area contributed by atoms with Crippen LogP contribution in [0.25, 0.3) is 10.2 Å². The van der Waals surface area contributed by atoms with E-state index in [1.165, 1.54) is 11.3 Å². The van der Waals surface area contributed by atoms with Gasteiger partial charge in [0, 0.05) is 26.1 Å². The monoisotopic (exact) mass is 528 g/mol. The average molecular weight is 529 g/mol. The number of amides is 1. The summed E-state index contributed by atoms with van der Waals surface area (Å²) in [4.78, 5) is 20.0. The van der Waals surface area contributed by atoms with Crippen LogP contribution in [0, 0.1) is 5.41 Å².